The highest BCUT2D eigenvalue weighted by atomic mass is 32.2. The van der Waals surface area contributed by atoms with Gasteiger partial charge >= 0.3 is 5.97 Å². The van der Waals surface area contributed by atoms with E-state index >= 15 is 0 Å². The fourth-order valence-corrected chi connectivity index (χ4v) is 3.41. The number of benzene rings is 1. The van der Waals surface area contributed by atoms with Gasteiger partial charge in [0, 0.05) is 10.6 Å². The minimum Gasteiger partial charge on any atom is -0.480 e. The Morgan fingerprint density at radius 1 is 1.53 bits per heavy atom. The Labute approximate surface area is 113 Å². The van der Waals surface area contributed by atoms with Gasteiger partial charge < -0.3 is 5.11 Å². The fraction of sp³-hybridized carbons (Fsp3) is 0.333. The van der Waals surface area contributed by atoms with Crippen LogP contribution in [0.1, 0.15) is 30.3 Å². The molecule has 0 bridgehead atoms. The molecule has 0 radical (unpaired) electrons. The highest BCUT2D eigenvalue weighted by Gasteiger charge is 2.31. The summed E-state index contributed by atoms with van der Waals surface area (Å²) in [5.41, 5.74) is 1.17. The number of carbonyl (C=O) groups is 1. The summed E-state index contributed by atoms with van der Waals surface area (Å²) < 4.78 is 1.40. The van der Waals surface area contributed by atoms with Crippen LogP contribution in [-0.4, -0.2) is 37.0 Å². The summed E-state index contributed by atoms with van der Waals surface area (Å²) in [7, 11) is 0. The molecule has 2 aromatic rings. The van der Waals surface area contributed by atoms with Crippen LogP contribution in [0.25, 0.3) is 0 Å². The fourth-order valence-electron chi connectivity index (χ4n) is 2.19. The van der Waals surface area contributed by atoms with E-state index in [1.54, 1.807) is 18.7 Å². The average molecular weight is 276 g/mol. The second-order valence-electron chi connectivity index (χ2n) is 4.40. The second-order valence-corrected chi connectivity index (χ2v) is 5.46. The lowest BCUT2D eigenvalue weighted by Crippen LogP contribution is -2.21. The second kappa shape index (κ2) is 4.65. The molecule has 2 unspecified atom stereocenters. The van der Waals surface area contributed by atoms with Gasteiger partial charge in [0.15, 0.2) is 5.82 Å². The van der Waals surface area contributed by atoms with Gasteiger partial charge in [-0.2, -0.15) is 0 Å². The summed E-state index contributed by atoms with van der Waals surface area (Å²) >= 11 is 1.75. The van der Waals surface area contributed by atoms with Crippen LogP contribution in [0.4, 0.5) is 0 Å². The predicted octanol–water partition coefficient (Wildman–Crippen LogP) is 1.56. The molecule has 2 atom stereocenters. The highest BCUT2D eigenvalue weighted by molar-refractivity contribution is 7.99. The Balaban J connectivity index is 2.01. The average Bonchev–Trinajstić information content (AvgIpc) is 3.03. The molecule has 1 aromatic heterocycles. The van der Waals surface area contributed by atoms with Gasteiger partial charge in [-0.05, 0) is 29.0 Å². The van der Waals surface area contributed by atoms with Crippen LogP contribution in [0.5, 0.6) is 0 Å². The maximum atomic E-state index is 11.1. The first-order valence-corrected chi connectivity index (χ1v) is 6.89. The number of hydrogen-bond acceptors (Lipinski definition) is 5. The third kappa shape index (κ3) is 1.99. The molecule has 7 heteroatoms. The maximum Gasteiger partial charge on any atom is 0.328 e. The Hall–Kier alpha value is -1.89. The first-order chi connectivity index (χ1) is 9.18. The number of rotatable bonds is 3. The normalized spacial score (nSPS) is 19.1. The van der Waals surface area contributed by atoms with E-state index in [1.165, 1.54) is 15.1 Å². The SMILES string of the molecule is CC(C(=O)O)n1nnnc1C1CSc2ccccc21. The summed E-state index contributed by atoms with van der Waals surface area (Å²) in [5, 5.41) is 20.6. The quantitative estimate of drug-likeness (QED) is 0.916. The van der Waals surface area contributed by atoms with Crippen LogP contribution in [0.15, 0.2) is 29.2 Å². The molecule has 19 heavy (non-hydrogen) atoms. The van der Waals surface area contributed by atoms with Crippen molar-refractivity contribution >= 4 is 17.7 Å². The molecule has 0 fully saturated rings. The lowest BCUT2D eigenvalue weighted by atomic mass is 10.0. The smallest absolute Gasteiger partial charge is 0.328 e. The molecular weight excluding hydrogens is 264 g/mol. The first kappa shape index (κ1) is 12.2. The number of carboxylic acids is 1. The lowest BCUT2D eigenvalue weighted by Gasteiger charge is -2.13. The van der Waals surface area contributed by atoms with Gasteiger partial charge in [0.25, 0.3) is 0 Å². The van der Waals surface area contributed by atoms with Crippen LogP contribution in [0.3, 0.4) is 0 Å². The monoisotopic (exact) mass is 276 g/mol. The molecule has 0 saturated heterocycles. The number of hydrogen-bond donors (Lipinski definition) is 1. The number of aromatic nitrogens is 4. The first-order valence-electron chi connectivity index (χ1n) is 5.90. The summed E-state index contributed by atoms with van der Waals surface area (Å²) in [4.78, 5) is 12.3. The molecule has 0 saturated carbocycles. The molecule has 98 valence electrons. The minimum atomic E-state index is -0.938. The molecule has 2 heterocycles. The van der Waals surface area contributed by atoms with Gasteiger partial charge in [-0.1, -0.05) is 18.2 Å². The van der Waals surface area contributed by atoms with Crippen molar-refractivity contribution in [1.82, 2.24) is 20.2 Å². The number of aliphatic carboxylic acids is 1. The maximum absolute atomic E-state index is 11.1. The van der Waals surface area contributed by atoms with Crippen LogP contribution < -0.4 is 0 Å². The molecule has 1 aliphatic heterocycles. The largest absolute Gasteiger partial charge is 0.480 e. The molecule has 1 aromatic carbocycles. The van der Waals surface area contributed by atoms with E-state index in [1.807, 2.05) is 18.2 Å². The van der Waals surface area contributed by atoms with Crippen LogP contribution in [0.2, 0.25) is 0 Å². The van der Waals surface area contributed by atoms with Crippen molar-refractivity contribution in [2.75, 3.05) is 5.75 Å². The third-order valence-electron chi connectivity index (χ3n) is 3.25. The van der Waals surface area contributed by atoms with Crippen molar-refractivity contribution in [2.24, 2.45) is 0 Å². The van der Waals surface area contributed by atoms with Gasteiger partial charge in [-0.15, -0.1) is 16.9 Å². The molecule has 3 rings (SSSR count). The van der Waals surface area contributed by atoms with E-state index in [-0.39, 0.29) is 5.92 Å². The van der Waals surface area contributed by atoms with Gasteiger partial charge in [-0.25, -0.2) is 9.48 Å². The topological polar surface area (TPSA) is 80.9 Å². The zero-order valence-corrected chi connectivity index (χ0v) is 11.0. The third-order valence-corrected chi connectivity index (χ3v) is 4.44. The van der Waals surface area contributed by atoms with Crippen molar-refractivity contribution in [3.05, 3.63) is 35.7 Å². The van der Waals surface area contributed by atoms with Crippen LogP contribution in [-0.2, 0) is 4.79 Å². The zero-order valence-electron chi connectivity index (χ0n) is 10.2. The van der Waals surface area contributed by atoms with E-state index < -0.39 is 12.0 Å². The van der Waals surface area contributed by atoms with E-state index in [0.29, 0.717) is 5.82 Å². The molecule has 1 N–H and O–H groups in total. The van der Waals surface area contributed by atoms with Gasteiger partial charge in [0.1, 0.15) is 6.04 Å². The van der Waals surface area contributed by atoms with Crippen molar-refractivity contribution in [3.63, 3.8) is 0 Å². The lowest BCUT2D eigenvalue weighted by molar-refractivity contribution is -0.140. The standard InChI is InChI=1S/C12H12N4O2S/c1-7(12(17)18)16-11(13-14-15-16)9-6-19-10-5-3-2-4-8(9)10/h2-5,7,9H,6H2,1H3,(H,17,18). The molecule has 0 spiro atoms. The molecular formula is C12H12N4O2S. The van der Waals surface area contributed by atoms with E-state index in [9.17, 15) is 4.79 Å². The number of tetrazole rings is 1. The predicted molar refractivity (Wildman–Crippen MR) is 69.2 cm³/mol. The van der Waals surface area contributed by atoms with Crippen molar-refractivity contribution in [2.45, 2.75) is 23.8 Å². The summed E-state index contributed by atoms with van der Waals surface area (Å²) in [6, 6.07) is 7.32. The molecule has 0 aliphatic carbocycles. The van der Waals surface area contributed by atoms with Crippen LogP contribution in [0, 0.1) is 0 Å². The van der Waals surface area contributed by atoms with Gasteiger partial charge in [-0.3, -0.25) is 0 Å². The van der Waals surface area contributed by atoms with E-state index in [0.717, 1.165) is 5.75 Å². The highest BCUT2D eigenvalue weighted by Crippen LogP contribution is 2.42. The number of thioether (sulfide) groups is 1. The molecule has 6 nitrogen and oxygen atoms in total. The van der Waals surface area contributed by atoms with Crippen molar-refractivity contribution in [3.8, 4) is 0 Å². The number of fused-ring (bicyclic) bond motifs is 1. The number of nitrogens with zero attached hydrogens (tertiary/aromatic N) is 4. The van der Waals surface area contributed by atoms with Crippen LogP contribution >= 0.6 is 11.8 Å². The minimum absolute atomic E-state index is 0.0537. The summed E-state index contributed by atoms with van der Waals surface area (Å²) in [6.07, 6.45) is 0. The van der Waals surface area contributed by atoms with E-state index in [2.05, 4.69) is 21.6 Å². The Morgan fingerprint density at radius 2 is 2.32 bits per heavy atom. The van der Waals surface area contributed by atoms with Gasteiger partial charge in [0.2, 0.25) is 0 Å². The Morgan fingerprint density at radius 3 is 3.11 bits per heavy atom. The summed E-state index contributed by atoms with van der Waals surface area (Å²) in [5.74, 6) is 0.573. The molecule has 0 amide bonds. The Kier molecular flexibility index (Phi) is 2.98. The Bertz CT molecular complexity index is 628. The summed E-state index contributed by atoms with van der Waals surface area (Å²) in [6.45, 7) is 1.58. The van der Waals surface area contributed by atoms with Crippen molar-refractivity contribution < 1.29 is 9.90 Å². The van der Waals surface area contributed by atoms with E-state index in [4.69, 9.17) is 5.11 Å². The molecule has 1 aliphatic rings. The van der Waals surface area contributed by atoms with Crippen molar-refractivity contribution in [1.29, 1.82) is 0 Å². The van der Waals surface area contributed by atoms with Gasteiger partial charge in [0.05, 0.1) is 5.92 Å². The number of carboxylic acid groups (broad SMARTS) is 1. The zero-order chi connectivity index (χ0) is 13.4.